The maximum Gasteiger partial charge on any atom is 0.320 e. The Morgan fingerprint density at radius 2 is 1.95 bits per heavy atom. The van der Waals surface area contributed by atoms with Crippen molar-refractivity contribution in [3.05, 3.63) is 29.8 Å². The highest BCUT2D eigenvalue weighted by Crippen LogP contribution is 2.59. The summed E-state index contributed by atoms with van der Waals surface area (Å²) in [5.74, 6) is -1.02. The van der Waals surface area contributed by atoms with Gasteiger partial charge in [-0.1, -0.05) is 12.1 Å². The van der Waals surface area contributed by atoms with Crippen LogP contribution in [0.3, 0.4) is 0 Å². The van der Waals surface area contributed by atoms with E-state index in [1.165, 1.54) is 0 Å². The Bertz CT molecular complexity index is 585. The van der Waals surface area contributed by atoms with E-state index >= 15 is 0 Å². The number of hydrogen-bond acceptors (Lipinski definition) is 3. The molecule has 21 heavy (non-hydrogen) atoms. The van der Waals surface area contributed by atoms with E-state index < -0.39 is 19.6 Å². The van der Waals surface area contributed by atoms with E-state index in [0.717, 1.165) is 37.4 Å². The molecule has 7 nitrogen and oxygen atoms in total. The van der Waals surface area contributed by atoms with Gasteiger partial charge in [0, 0.05) is 31.9 Å². The van der Waals surface area contributed by atoms with E-state index in [1.807, 2.05) is 33.6 Å². The SMILES string of the molecule is NC(Cc1cccc(NP(=O)(N2CC2)N2CC2)c1)C(=O)O. The van der Waals surface area contributed by atoms with Crippen LogP contribution in [0.15, 0.2) is 24.3 Å². The summed E-state index contributed by atoms with van der Waals surface area (Å²) < 4.78 is 16.9. The van der Waals surface area contributed by atoms with Crippen LogP contribution in [0.1, 0.15) is 5.56 Å². The Morgan fingerprint density at radius 3 is 2.48 bits per heavy atom. The maximum absolute atomic E-state index is 13.0. The molecular formula is C13H19N4O3P. The Hall–Kier alpha value is -1.40. The molecule has 0 amide bonds. The first kappa shape index (κ1) is 14.5. The van der Waals surface area contributed by atoms with Crippen molar-refractivity contribution < 1.29 is 14.5 Å². The smallest absolute Gasteiger partial charge is 0.320 e. The van der Waals surface area contributed by atoms with Crippen LogP contribution in [0.2, 0.25) is 0 Å². The Kier molecular flexibility index (Phi) is 3.75. The molecule has 0 bridgehead atoms. The Morgan fingerprint density at radius 1 is 1.33 bits per heavy atom. The second-order valence-corrected chi connectivity index (χ2v) is 7.86. The standard InChI is InChI=1S/C13H19N4O3P/c14-12(13(18)19)9-10-2-1-3-11(8-10)15-21(20,16-4-5-16)17-6-7-17/h1-3,8,12H,4-7,9,14H2,(H,15,20)(H,18,19). The van der Waals surface area contributed by atoms with Gasteiger partial charge in [0.1, 0.15) is 6.04 Å². The van der Waals surface area contributed by atoms with Crippen molar-refractivity contribution in [1.82, 2.24) is 9.34 Å². The highest BCUT2D eigenvalue weighted by molar-refractivity contribution is 7.61. The number of carboxylic acids is 1. The highest BCUT2D eigenvalue weighted by Gasteiger charge is 2.48. The number of benzene rings is 1. The molecule has 0 saturated carbocycles. The third-order valence-electron chi connectivity index (χ3n) is 3.59. The monoisotopic (exact) mass is 310 g/mol. The lowest BCUT2D eigenvalue weighted by molar-refractivity contribution is -0.138. The molecule has 2 aliphatic rings. The van der Waals surface area contributed by atoms with Crippen molar-refractivity contribution >= 4 is 19.3 Å². The first-order chi connectivity index (χ1) is 9.99. The third kappa shape index (κ3) is 3.27. The van der Waals surface area contributed by atoms with Crippen LogP contribution in [0.25, 0.3) is 0 Å². The van der Waals surface area contributed by atoms with Gasteiger partial charge in [0.2, 0.25) is 0 Å². The molecule has 2 saturated heterocycles. The lowest BCUT2D eigenvalue weighted by Gasteiger charge is -2.22. The summed E-state index contributed by atoms with van der Waals surface area (Å²) in [6.45, 7) is 3.41. The number of nitrogens with zero attached hydrogens (tertiary/aromatic N) is 2. The van der Waals surface area contributed by atoms with Crippen LogP contribution < -0.4 is 10.8 Å². The van der Waals surface area contributed by atoms with Crippen LogP contribution in [-0.2, 0) is 15.8 Å². The molecule has 3 rings (SSSR count). The summed E-state index contributed by atoms with van der Waals surface area (Å²) in [6.07, 6.45) is 0.253. The molecule has 2 aliphatic heterocycles. The van der Waals surface area contributed by atoms with Gasteiger partial charge in [-0.2, -0.15) is 0 Å². The fourth-order valence-corrected chi connectivity index (χ4v) is 4.61. The number of nitrogens with one attached hydrogen (secondary N) is 1. The predicted octanol–water partition coefficient (Wildman–Crippen LogP) is 0.792. The van der Waals surface area contributed by atoms with E-state index in [2.05, 4.69) is 5.09 Å². The zero-order valence-electron chi connectivity index (χ0n) is 11.6. The summed E-state index contributed by atoms with van der Waals surface area (Å²) in [4.78, 5) is 10.8. The summed E-state index contributed by atoms with van der Waals surface area (Å²) in [7, 11) is -2.67. The normalized spacial score (nSPS) is 20.0. The Labute approximate surface area is 123 Å². The maximum atomic E-state index is 13.0. The average Bonchev–Trinajstić information content (AvgIpc) is 3.30. The van der Waals surface area contributed by atoms with E-state index in [9.17, 15) is 9.36 Å². The lowest BCUT2D eigenvalue weighted by atomic mass is 10.1. The summed E-state index contributed by atoms with van der Waals surface area (Å²) >= 11 is 0. The van der Waals surface area contributed by atoms with Gasteiger partial charge in [0.05, 0.1) is 0 Å². The quantitative estimate of drug-likeness (QED) is 0.506. The van der Waals surface area contributed by atoms with Gasteiger partial charge < -0.3 is 15.9 Å². The predicted molar refractivity (Wildman–Crippen MR) is 80.1 cm³/mol. The number of rotatable bonds is 7. The summed E-state index contributed by atoms with van der Waals surface area (Å²) in [6, 6.07) is 6.39. The number of carboxylic acid groups (broad SMARTS) is 1. The van der Waals surface area contributed by atoms with Crippen molar-refractivity contribution in [2.24, 2.45) is 5.73 Å². The molecular weight excluding hydrogens is 291 g/mol. The molecule has 1 aromatic carbocycles. The average molecular weight is 310 g/mol. The number of aliphatic carboxylic acids is 1. The zero-order valence-corrected chi connectivity index (χ0v) is 12.5. The molecule has 4 N–H and O–H groups in total. The van der Waals surface area contributed by atoms with Crippen molar-refractivity contribution in [1.29, 1.82) is 0 Å². The zero-order chi connectivity index (χ0) is 15.0. The first-order valence-electron chi connectivity index (χ1n) is 6.95. The van der Waals surface area contributed by atoms with E-state index in [0.29, 0.717) is 0 Å². The van der Waals surface area contributed by atoms with Crippen molar-refractivity contribution in [2.45, 2.75) is 12.5 Å². The summed E-state index contributed by atoms with van der Waals surface area (Å²) in [5, 5.41) is 12.0. The molecule has 1 atom stereocenters. The van der Waals surface area contributed by atoms with Crippen LogP contribution in [0, 0.1) is 0 Å². The second kappa shape index (κ2) is 5.42. The van der Waals surface area contributed by atoms with E-state index in [4.69, 9.17) is 10.8 Å². The molecule has 1 aromatic rings. The molecule has 0 aliphatic carbocycles. The molecule has 0 aromatic heterocycles. The number of carbonyl (C=O) groups is 1. The molecule has 0 spiro atoms. The molecule has 114 valence electrons. The molecule has 0 radical (unpaired) electrons. The molecule has 1 unspecified atom stereocenters. The van der Waals surface area contributed by atoms with Crippen molar-refractivity contribution in [3.8, 4) is 0 Å². The van der Waals surface area contributed by atoms with Gasteiger partial charge in [0.15, 0.2) is 0 Å². The highest BCUT2D eigenvalue weighted by atomic mass is 31.2. The number of nitrogens with two attached hydrogens (primary N) is 1. The van der Waals surface area contributed by atoms with E-state index in [-0.39, 0.29) is 6.42 Å². The van der Waals surface area contributed by atoms with Crippen molar-refractivity contribution in [2.75, 3.05) is 31.3 Å². The van der Waals surface area contributed by atoms with Gasteiger partial charge >= 0.3 is 13.6 Å². The van der Waals surface area contributed by atoms with Crippen LogP contribution in [-0.4, -0.2) is 52.6 Å². The van der Waals surface area contributed by atoms with Crippen LogP contribution >= 0.6 is 7.59 Å². The number of hydrogen-bond donors (Lipinski definition) is 3. The van der Waals surface area contributed by atoms with E-state index in [1.54, 1.807) is 0 Å². The first-order valence-corrected chi connectivity index (χ1v) is 8.57. The van der Waals surface area contributed by atoms with Gasteiger partial charge in [-0.3, -0.25) is 9.36 Å². The second-order valence-electron chi connectivity index (χ2n) is 5.41. The van der Waals surface area contributed by atoms with Crippen LogP contribution in [0.4, 0.5) is 5.69 Å². The fraction of sp³-hybridized carbons (Fsp3) is 0.462. The largest absolute Gasteiger partial charge is 0.480 e. The Balaban J connectivity index is 1.73. The third-order valence-corrected chi connectivity index (χ3v) is 6.47. The van der Waals surface area contributed by atoms with Gasteiger partial charge in [0.25, 0.3) is 0 Å². The van der Waals surface area contributed by atoms with Crippen molar-refractivity contribution in [3.63, 3.8) is 0 Å². The minimum atomic E-state index is -2.67. The molecule has 2 fully saturated rings. The van der Waals surface area contributed by atoms with Gasteiger partial charge in [-0.05, 0) is 24.1 Å². The fourth-order valence-electron chi connectivity index (χ4n) is 2.23. The molecule has 8 heteroatoms. The van der Waals surface area contributed by atoms with Crippen LogP contribution in [0.5, 0.6) is 0 Å². The molecule has 2 heterocycles. The lowest BCUT2D eigenvalue weighted by Crippen LogP contribution is -2.32. The minimum absolute atomic E-state index is 0.253. The minimum Gasteiger partial charge on any atom is -0.480 e. The van der Waals surface area contributed by atoms with Gasteiger partial charge in [-0.15, -0.1) is 0 Å². The topological polar surface area (TPSA) is 98.4 Å². The summed E-state index contributed by atoms with van der Waals surface area (Å²) in [5.41, 5.74) is 7.11. The van der Waals surface area contributed by atoms with Gasteiger partial charge in [-0.25, -0.2) is 9.34 Å². The number of anilines is 1.